The summed E-state index contributed by atoms with van der Waals surface area (Å²) in [5.41, 5.74) is 1.04. The molecule has 3 aromatic rings. The zero-order valence-corrected chi connectivity index (χ0v) is 47.7. The van der Waals surface area contributed by atoms with Crippen molar-refractivity contribution in [3.8, 4) is 0 Å². The largest absolute Gasteiger partial charge is 0.367 e. The van der Waals surface area contributed by atoms with E-state index in [4.69, 9.17) is 24.4 Å². The third-order valence-electron chi connectivity index (χ3n) is 15.1. The van der Waals surface area contributed by atoms with Gasteiger partial charge in [-0.15, -0.1) is 23.5 Å². The molecule has 20 heteroatoms. The lowest BCUT2D eigenvalue weighted by molar-refractivity contribution is -0.143. The van der Waals surface area contributed by atoms with Crippen molar-refractivity contribution in [3.05, 3.63) is 107 Å². The van der Waals surface area contributed by atoms with E-state index in [2.05, 4.69) is 42.5 Å². The fourth-order valence-corrected chi connectivity index (χ4v) is 13.9. The zero-order valence-electron chi connectivity index (χ0n) is 44.4. The average molecular weight is 1100 g/mol. The fourth-order valence-electron chi connectivity index (χ4n) is 10.3. The Hall–Kier alpha value is -5.12. The number of amides is 6. The van der Waals surface area contributed by atoms with Crippen molar-refractivity contribution >= 4 is 93.4 Å². The molecule has 0 radical (unpaired) electrons. The second kappa shape index (κ2) is 24.5. The van der Waals surface area contributed by atoms with Crippen LogP contribution >= 0.6 is 48.0 Å². The van der Waals surface area contributed by atoms with Crippen LogP contribution in [-0.2, 0) is 41.9 Å². The number of hydrogen-bond acceptors (Lipinski definition) is 12. The summed E-state index contributed by atoms with van der Waals surface area (Å²) in [4.78, 5) is 90.6. The van der Waals surface area contributed by atoms with Gasteiger partial charge in [0.1, 0.15) is 36.3 Å². The number of carbonyl (C=O) groups is 6. The van der Waals surface area contributed by atoms with Crippen LogP contribution in [0.3, 0.4) is 0 Å². The molecule has 4 heterocycles. The molecule has 0 saturated carbocycles. The highest BCUT2D eigenvalue weighted by Crippen LogP contribution is 2.48. The van der Waals surface area contributed by atoms with Crippen molar-refractivity contribution in [1.29, 1.82) is 0 Å². The first-order valence-electron chi connectivity index (χ1n) is 25.8. The molecule has 9 atom stereocenters. The number of fused-ring (bicyclic) bond motifs is 2. The van der Waals surface area contributed by atoms with E-state index >= 15 is 0 Å². The van der Waals surface area contributed by atoms with Gasteiger partial charge in [0.05, 0.1) is 32.3 Å². The van der Waals surface area contributed by atoms with Crippen LogP contribution < -0.4 is 42.5 Å². The lowest BCUT2D eigenvalue weighted by Crippen LogP contribution is -2.60. The summed E-state index contributed by atoms with van der Waals surface area (Å²) in [6.07, 6.45) is 2.35. The maximum Gasteiger partial charge on any atom is 0.247 e. The molecule has 404 valence electrons. The number of hydrogen-bond donors (Lipinski definition) is 8. The number of likely N-dealkylation sites (N-methyl/N-ethyl adjacent to an activating group) is 2. The van der Waals surface area contributed by atoms with E-state index in [0.717, 1.165) is 16.9 Å². The lowest BCUT2D eigenvalue weighted by Gasteiger charge is -2.36. The van der Waals surface area contributed by atoms with Gasteiger partial charge in [-0.2, -0.15) is 0 Å². The van der Waals surface area contributed by atoms with Crippen molar-refractivity contribution in [2.24, 2.45) is 10.8 Å². The molecule has 7 rings (SSSR count). The van der Waals surface area contributed by atoms with Crippen molar-refractivity contribution < 1.29 is 28.8 Å². The fraction of sp³-hybridized carbons (Fsp3) is 0.527. The molecule has 0 unspecified atom stereocenters. The van der Waals surface area contributed by atoms with E-state index in [1.165, 1.54) is 0 Å². The first-order chi connectivity index (χ1) is 35.6. The highest BCUT2D eigenvalue weighted by Gasteiger charge is 2.56. The van der Waals surface area contributed by atoms with Crippen molar-refractivity contribution in [1.82, 2.24) is 52.3 Å². The molecule has 0 aromatic heterocycles. The van der Waals surface area contributed by atoms with Crippen molar-refractivity contribution in [2.75, 3.05) is 25.6 Å². The third kappa shape index (κ3) is 13.4. The van der Waals surface area contributed by atoms with Gasteiger partial charge in [-0.3, -0.25) is 28.8 Å². The Morgan fingerprint density at radius 1 is 0.653 bits per heavy atom. The highest BCUT2D eigenvalue weighted by atomic mass is 32.2. The molecule has 0 aliphatic carbocycles. The molecule has 0 bridgehead atoms. The van der Waals surface area contributed by atoms with Crippen molar-refractivity contribution in [2.45, 2.75) is 146 Å². The maximum absolute atomic E-state index is 14.6. The van der Waals surface area contributed by atoms with Crippen LogP contribution in [0.2, 0.25) is 0 Å². The maximum atomic E-state index is 14.6. The number of benzene rings is 3. The number of nitrogens with one attached hydrogen (secondary N) is 8. The summed E-state index contributed by atoms with van der Waals surface area (Å²) in [7, 11) is 3.62. The Bertz CT molecular complexity index is 2590. The first kappa shape index (κ1) is 57.6. The molecule has 3 aromatic carbocycles. The van der Waals surface area contributed by atoms with E-state index in [0.29, 0.717) is 52.5 Å². The molecule has 4 aliphatic rings. The number of rotatable bonds is 18. The standard InChI is InChI=1S/C55H74N10O6S4/c1-32(56-8)49(72)60-37-24-26-74-39-28-53(2,3)43(64(39)50(37)70)47(68)62-41(35-16-12-10-13-17-35)45(66)58-30-33-20-22-34(23-21-33)31-59-46(67)42(36-18-14-11-15-19-36)63-48(69)44-54(4,5)29-40-65(44)51(71)38(25-27-75-40)61-52(73)55(6,7)57-9/h10-23,32,37-44,56-57H,24-31H2,1-9H3,(H,58,66)(H,59,67)(H,60,72)(H,61,73)(H,62,68)(H,63,69)/t32-,37+,38-,39-,40-,41-,42+,43+,44+/m0/s1. The Kier molecular flexibility index (Phi) is 18.8. The summed E-state index contributed by atoms with van der Waals surface area (Å²) in [5, 5.41) is 24.5. The molecule has 4 saturated heterocycles. The first-order valence-corrected chi connectivity index (χ1v) is 28.7. The van der Waals surface area contributed by atoms with E-state index in [9.17, 15) is 28.8 Å². The molecule has 4 aliphatic heterocycles. The van der Waals surface area contributed by atoms with Crippen LogP contribution in [0, 0.1) is 10.8 Å². The second-order valence-electron chi connectivity index (χ2n) is 21.8. The summed E-state index contributed by atoms with van der Waals surface area (Å²) in [5.74, 6) is -0.589. The monoisotopic (exact) mass is 1100 g/mol. The smallest absolute Gasteiger partial charge is 0.247 e. The van der Waals surface area contributed by atoms with Gasteiger partial charge >= 0.3 is 0 Å². The normalized spacial score (nSPS) is 24.2. The minimum absolute atomic E-state index is 0.135. The highest BCUT2D eigenvalue weighted by molar-refractivity contribution is 8.00. The summed E-state index contributed by atoms with van der Waals surface area (Å²) >= 11 is 14.6. The topological polar surface area (TPSA) is 205 Å². The molecule has 8 N–H and O–H groups in total. The average Bonchev–Trinajstić information content (AvgIpc) is 3.71. The van der Waals surface area contributed by atoms with Gasteiger partial charge in [-0.25, -0.2) is 0 Å². The van der Waals surface area contributed by atoms with Crippen molar-refractivity contribution in [3.63, 3.8) is 0 Å². The Balaban J connectivity index is 0.996. The van der Waals surface area contributed by atoms with Gasteiger partial charge in [0.25, 0.3) is 0 Å². The van der Waals surface area contributed by atoms with E-state index < -0.39 is 76.2 Å². The molecular weight excluding hydrogens is 1020 g/mol. The minimum Gasteiger partial charge on any atom is -0.367 e. The summed E-state index contributed by atoms with van der Waals surface area (Å²) in [6.45, 7) is 14.1. The number of thioether (sulfide) groups is 2. The van der Waals surface area contributed by atoms with E-state index in [1.54, 1.807) is 64.6 Å². The Morgan fingerprint density at radius 2 is 1.05 bits per heavy atom. The molecule has 6 amide bonds. The van der Waals surface area contributed by atoms with Crippen LogP contribution in [0.5, 0.6) is 0 Å². The third-order valence-corrected chi connectivity index (χ3v) is 18.7. The number of carbonyl (C=O) groups excluding carboxylic acids is 6. The molecule has 75 heavy (non-hydrogen) atoms. The summed E-state index contributed by atoms with van der Waals surface area (Å²) < 4.78 is 0. The Morgan fingerprint density at radius 3 is 1.44 bits per heavy atom. The lowest BCUT2D eigenvalue weighted by atomic mass is 9.83. The van der Waals surface area contributed by atoms with E-state index in [-0.39, 0.29) is 41.7 Å². The van der Waals surface area contributed by atoms with Crippen LogP contribution in [0.4, 0.5) is 0 Å². The molecule has 16 nitrogen and oxygen atoms in total. The van der Waals surface area contributed by atoms with Gasteiger partial charge in [0.15, 0.2) is 0 Å². The second-order valence-corrected chi connectivity index (χ2v) is 25.3. The number of thiocarbonyl (C=S) groups is 2. The van der Waals surface area contributed by atoms with Crippen LogP contribution in [0.1, 0.15) is 108 Å². The summed E-state index contributed by atoms with van der Waals surface area (Å²) in [6, 6.07) is 20.4. The van der Waals surface area contributed by atoms with Crippen LogP contribution in [0.25, 0.3) is 0 Å². The zero-order chi connectivity index (χ0) is 54.4. The molecule has 0 spiro atoms. The minimum atomic E-state index is -1.05. The van der Waals surface area contributed by atoms with Crippen LogP contribution in [0.15, 0.2) is 84.9 Å². The van der Waals surface area contributed by atoms with Gasteiger partial charge in [-0.05, 0) is 105 Å². The molecule has 4 fully saturated rings. The van der Waals surface area contributed by atoms with Crippen LogP contribution in [-0.4, -0.2) is 127 Å². The predicted molar refractivity (Wildman–Crippen MR) is 305 cm³/mol. The van der Waals surface area contributed by atoms with Gasteiger partial charge in [-0.1, -0.05) is 137 Å². The molecular formula is C55H74N10O6S4. The van der Waals surface area contributed by atoms with Gasteiger partial charge < -0.3 is 52.3 Å². The van der Waals surface area contributed by atoms with Gasteiger partial charge in [0, 0.05) is 13.1 Å². The number of nitrogens with zero attached hydrogens (tertiary/aromatic N) is 2. The quantitative estimate of drug-likeness (QED) is 0.0792. The van der Waals surface area contributed by atoms with Gasteiger partial charge in [0.2, 0.25) is 35.4 Å². The predicted octanol–water partition coefficient (Wildman–Crippen LogP) is 4.99. The van der Waals surface area contributed by atoms with E-state index in [1.807, 2.05) is 116 Å². The SMILES string of the molecule is CN[C@@H](C)C(=S)N[C@@H]1CCS[C@H]2CC(C)(C)[C@@H](C(=O)N[C@H](C(=O)NCc3ccc(CNC(=O)[C@H](NC(=O)[C@H]4N5C(=O)[C@@H](NC(=S)C(C)(C)NC)CCS[C@H]5CC4(C)C)c4ccccc4)cc3)c3ccccc3)N2C1=O. The Labute approximate surface area is 461 Å².